The lowest BCUT2D eigenvalue weighted by atomic mass is 10.1. The van der Waals surface area contributed by atoms with Gasteiger partial charge in [0.1, 0.15) is 10.7 Å². The minimum atomic E-state index is -0.263. The number of nitrogens with two attached hydrogens (primary N) is 1. The van der Waals surface area contributed by atoms with Gasteiger partial charge in [0.05, 0.1) is 6.54 Å². The molecule has 1 aliphatic heterocycles. The second-order valence-electron chi connectivity index (χ2n) is 5.79. The molecule has 1 aliphatic rings. The summed E-state index contributed by atoms with van der Waals surface area (Å²) in [5.74, 6) is -0.587. The molecule has 1 saturated heterocycles. The predicted octanol–water partition coefficient (Wildman–Crippen LogP) is 0.526. The number of rotatable bonds is 5. The molecule has 0 unspecified atom stereocenters. The van der Waals surface area contributed by atoms with E-state index >= 15 is 0 Å². The van der Waals surface area contributed by atoms with Gasteiger partial charge in [0.15, 0.2) is 0 Å². The minimum absolute atomic E-state index is 0. The number of halogens is 1. The number of carbonyl (C=O) groups is 3. The van der Waals surface area contributed by atoms with Gasteiger partial charge >= 0.3 is 0 Å². The monoisotopic (exact) mass is 409 g/mol. The molecule has 8 nitrogen and oxygen atoms in total. The summed E-state index contributed by atoms with van der Waals surface area (Å²) in [7, 11) is 0. The molecule has 27 heavy (non-hydrogen) atoms. The third kappa shape index (κ3) is 5.25. The molecule has 0 bridgehead atoms. The van der Waals surface area contributed by atoms with Gasteiger partial charge in [0, 0.05) is 37.1 Å². The van der Waals surface area contributed by atoms with Gasteiger partial charge in [0.25, 0.3) is 11.8 Å². The normalized spacial score (nSPS) is 13.5. The molecule has 144 valence electrons. The number of nitrogens with one attached hydrogen (secondary N) is 2. The van der Waals surface area contributed by atoms with Crippen LogP contribution in [0.2, 0.25) is 0 Å². The molecule has 0 atom stereocenters. The number of aromatic nitrogens is 1. The zero-order valence-corrected chi connectivity index (χ0v) is 16.1. The molecule has 0 saturated carbocycles. The van der Waals surface area contributed by atoms with Crippen molar-refractivity contribution >= 4 is 41.5 Å². The van der Waals surface area contributed by atoms with Crippen LogP contribution in [0.3, 0.4) is 0 Å². The van der Waals surface area contributed by atoms with E-state index in [9.17, 15) is 14.4 Å². The Balaban J connectivity index is 0.00000261. The second-order valence-corrected chi connectivity index (χ2v) is 6.73. The van der Waals surface area contributed by atoms with Gasteiger partial charge in [-0.3, -0.25) is 14.4 Å². The first kappa shape index (κ1) is 20.8. The lowest BCUT2D eigenvalue weighted by Crippen LogP contribution is -2.49. The molecular formula is C17H20ClN5O3S. The van der Waals surface area contributed by atoms with Crippen molar-refractivity contribution in [1.29, 1.82) is 0 Å². The first-order valence-electron chi connectivity index (χ1n) is 8.14. The molecule has 3 amide bonds. The highest BCUT2D eigenvalue weighted by atomic mass is 35.5. The van der Waals surface area contributed by atoms with Crippen molar-refractivity contribution in [2.24, 2.45) is 5.73 Å². The van der Waals surface area contributed by atoms with Crippen LogP contribution in [0.1, 0.15) is 31.4 Å². The molecule has 4 N–H and O–H groups in total. The number of amides is 3. The number of benzene rings is 1. The zero-order chi connectivity index (χ0) is 18.5. The van der Waals surface area contributed by atoms with Crippen LogP contribution in [-0.4, -0.2) is 47.2 Å². The van der Waals surface area contributed by atoms with Crippen LogP contribution in [0.25, 0.3) is 0 Å². The topological polar surface area (TPSA) is 117 Å². The fraction of sp³-hybridized carbons (Fsp3) is 0.294. The van der Waals surface area contributed by atoms with E-state index in [1.165, 1.54) is 16.2 Å². The first-order valence-corrected chi connectivity index (χ1v) is 9.02. The summed E-state index contributed by atoms with van der Waals surface area (Å²) >= 11 is 1.35. The SMILES string of the molecule is Cl.NCc1nc(C(=O)NCc2ccc(C(=O)N3CCNC(=O)C3)cc2)cs1. The van der Waals surface area contributed by atoms with Crippen LogP contribution < -0.4 is 16.4 Å². The average Bonchev–Trinajstić information content (AvgIpc) is 3.15. The average molecular weight is 410 g/mol. The molecule has 0 aliphatic carbocycles. The first-order chi connectivity index (χ1) is 12.6. The van der Waals surface area contributed by atoms with Crippen LogP contribution >= 0.6 is 23.7 Å². The fourth-order valence-corrected chi connectivity index (χ4v) is 3.20. The number of nitrogens with zero attached hydrogens (tertiary/aromatic N) is 2. The Kier molecular flexibility index (Phi) is 7.28. The Bertz CT molecular complexity index is 824. The summed E-state index contributed by atoms with van der Waals surface area (Å²) in [4.78, 5) is 41.5. The van der Waals surface area contributed by atoms with Crippen molar-refractivity contribution < 1.29 is 14.4 Å². The third-order valence-corrected chi connectivity index (χ3v) is 4.81. The largest absolute Gasteiger partial charge is 0.353 e. The van der Waals surface area contributed by atoms with E-state index in [4.69, 9.17) is 5.73 Å². The number of carbonyl (C=O) groups excluding carboxylic acids is 3. The summed E-state index contributed by atoms with van der Waals surface area (Å²) in [6.45, 7) is 1.69. The third-order valence-electron chi connectivity index (χ3n) is 3.94. The maximum Gasteiger partial charge on any atom is 0.271 e. The van der Waals surface area contributed by atoms with Crippen LogP contribution in [0.5, 0.6) is 0 Å². The number of thiazole rings is 1. The van der Waals surface area contributed by atoms with Gasteiger partial charge < -0.3 is 21.3 Å². The van der Waals surface area contributed by atoms with E-state index < -0.39 is 0 Å². The van der Waals surface area contributed by atoms with Crippen LogP contribution in [0.4, 0.5) is 0 Å². The fourth-order valence-electron chi connectivity index (χ4n) is 2.54. The zero-order valence-electron chi connectivity index (χ0n) is 14.4. The summed E-state index contributed by atoms with van der Waals surface area (Å²) in [5.41, 5.74) is 7.22. The quantitative estimate of drug-likeness (QED) is 0.665. The number of hydrogen-bond acceptors (Lipinski definition) is 6. The van der Waals surface area contributed by atoms with Gasteiger partial charge in [-0.25, -0.2) is 4.98 Å². The van der Waals surface area contributed by atoms with Crippen molar-refractivity contribution in [1.82, 2.24) is 20.5 Å². The lowest BCUT2D eigenvalue weighted by Gasteiger charge is -2.26. The highest BCUT2D eigenvalue weighted by molar-refractivity contribution is 7.09. The number of piperazine rings is 1. The van der Waals surface area contributed by atoms with Gasteiger partial charge in [-0.2, -0.15) is 0 Å². The van der Waals surface area contributed by atoms with E-state index in [1.807, 2.05) is 0 Å². The molecule has 2 aromatic rings. The Labute approximate surface area is 166 Å². The van der Waals surface area contributed by atoms with Gasteiger partial charge in [-0.1, -0.05) is 12.1 Å². The summed E-state index contributed by atoms with van der Waals surface area (Å²) in [5, 5.41) is 7.86. The molecule has 0 radical (unpaired) electrons. The van der Waals surface area contributed by atoms with Crippen molar-refractivity contribution in [2.75, 3.05) is 19.6 Å². The predicted molar refractivity (Wildman–Crippen MR) is 104 cm³/mol. The van der Waals surface area contributed by atoms with Crippen molar-refractivity contribution in [2.45, 2.75) is 13.1 Å². The van der Waals surface area contributed by atoms with Crippen molar-refractivity contribution in [3.8, 4) is 0 Å². The summed E-state index contributed by atoms with van der Waals surface area (Å²) < 4.78 is 0. The van der Waals surface area contributed by atoms with Crippen molar-refractivity contribution in [3.63, 3.8) is 0 Å². The molecule has 3 rings (SSSR count). The Morgan fingerprint density at radius 3 is 2.67 bits per heavy atom. The molecule has 1 aromatic carbocycles. The number of hydrogen-bond donors (Lipinski definition) is 3. The van der Waals surface area contributed by atoms with Gasteiger partial charge in [-0.05, 0) is 17.7 Å². The maximum absolute atomic E-state index is 12.4. The summed E-state index contributed by atoms with van der Waals surface area (Å²) in [6, 6.07) is 6.96. The molecule has 1 aromatic heterocycles. The van der Waals surface area contributed by atoms with E-state index in [2.05, 4.69) is 15.6 Å². The lowest BCUT2D eigenvalue weighted by molar-refractivity contribution is -0.123. The molecule has 0 spiro atoms. The van der Waals surface area contributed by atoms with Crippen molar-refractivity contribution in [3.05, 3.63) is 51.5 Å². The van der Waals surface area contributed by atoms with Crippen LogP contribution in [0.15, 0.2) is 29.6 Å². The Hall–Kier alpha value is -2.49. The minimum Gasteiger partial charge on any atom is -0.353 e. The smallest absolute Gasteiger partial charge is 0.271 e. The highest BCUT2D eigenvalue weighted by Gasteiger charge is 2.22. The molecule has 10 heteroatoms. The molecule has 1 fully saturated rings. The second kappa shape index (κ2) is 9.45. The van der Waals surface area contributed by atoms with Gasteiger partial charge in [-0.15, -0.1) is 23.7 Å². The highest BCUT2D eigenvalue weighted by Crippen LogP contribution is 2.11. The summed E-state index contributed by atoms with van der Waals surface area (Å²) in [6.07, 6.45) is 0. The van der Waals surface area contributed by atoms with E-state index in [0.29, 0.717) is 42.4 Å². The van der Waals surface area contributed by atoms with Crippen LogP contribution in [0, 0.1) is 0 Å². The van der Waals surface area contributed by atoms with E-state index in [0.717, 1.165) is 5.56 Å². The molecule has 2 heterocycles. The standard InChI is InChI=1S/C17H19N5O3S.ClH/c18-7-15-21-13(10-26-15)16(24)20-8-11-1-3-12(4-2-11)17(25)22-6-5-19-14(23)9-22;/h1-4,10H,5-9,18H2,(H,19,23)(H,20,24);1H. The Morgan fingerprint density at radius 2 is 2.04 bits per heavy atom. The maximum atomic E-state index is 12.4. The van der Waals surface area contributed by atoms with Crippen LogP contribution in [-0.2, 0) is 17.9 Å². The van der Waals surface area contributed by atoms with E-state index in [-0.39, 0.29) is 36.7 Å². The van der Waals surface area contributed by atoms with Gasteiger partial charge in [0.2, 0.25) is 5.91 Å². The van der Waals surface area contributed by atoms with E-state index in [1.54, 1.807) is 29.6 Å². The Morgan fingerprint density at radius 1 is 1.30 bits per heavy atom. The molecular weight excluding hydrogens is 390 g/mol.